The maximum Gasteiger partial charge on any atom is 0.118 e. The second-order valence-electron chi connectivity index (χ2n) is 19.6. The Bertz CT molecular complexity index is 1010. The highest BCUT2D eigenvalue weighted by molar-refractivity contribution is 5.17. The summed E-state index contributed by atoms with van der Waals surface area (Å²) >= 11 is 0. The van der Waals surface area contributed by atoms with Gasteiger partial charge in [0.1, 0.15) is 5.60 Å². The number of rotatable bonds is 8. The van der Waals surface area contributed by atoms with Crippen LogP contribution in [0.5, 0.6) is 0 Å². The first-order chi connectivity index (χ1) is 19.2. The van der Waals surface area contributed by atoms with Gasteiger partial charge < -0.3 is 28.4 Å². The molecule has 0 bridgehead atoms. The first-order valence-corrected chi connectivity index (χ1v) is 17.2. The minimum absolute atomic E-state index is 0.0260. The third kappa shape index (κ3) is 7.57. The van der Waals surface area contributed by atoms with Crippen molar-refractivity contribution in [3.8, 4) is 0 Å². The van der Waals surface area contributed by atoms with E-state index in [0.717, 1.165) is 12.8 Å². The molecule has 0 aromatic rings. The molecule has 1 aliphatic carbocycles. The zero-order valence-electron chi connectivity index (χ0n) is 32.7. The molecule has 0 N–H and O–H groups in total. The van der Waals surface area contributed by atoms with E-state index in [4.69, 9.17) is 28.4 Å². The molecule has 260 valence electrons. The first kappa shape index (κ1) is 38.2. The Morgan fingerprint density at radius 3 is 0.864 bits per heavy atom. The lowest BCUT2D eigenvalue weighted by molar-refractivity contribution is 0.130. The van der Waals surface area contributed by atoms with Crippen LogP contribution < -0.4 is 0 Å². The molecular formula is C38H72O6. The second-order valence-corrected chi connectivity index (χ2v) is 19.6. The molecule has 6 nitrogen and oxygen atoms in total. The zero-order chi connectivity index (χ0) is 34.5. The van der Waals surface area contributed by atoms with Crippen molar-refractivity contribution < 1.29 is 28.4 Å². The fraction of sp³-hybridized carbons (Fsp3) is 1.00. The molecule has 6 rings (SSSR count). The lowest BCUT2D eigenvalue weighted by Gasteiger charge is -2.18. The fourth-order valence-electron chi connectivity index (χ4n) is 6.94. The van der Waals surface area contributed by atoms with E-state index < -0.39 is 0 Å². The van der Waals surface area contributed by atoms with Gasteiger partial charge in [0.15, 0.2) is 0 Å². The molecule has 6 aliphatic rings. The number of hydrogen-bond acceptors (Lipinski definition) is 6. The molecule has 0 radical (unpaired) electrons. The standard InChI is InChI=1S/C13H24O2.C12H22O.C7H14O2.C6H12O/c1-10(2)12(5,14-10)8-7-9-13(6)11(3,4)15-13;1-9(2)7-11(9,5)8-12(6)10(3,4)13-12;1-6(2)7(3,9-6)5-8-4;1-5(2)6(3,4)7-5/h7-9H2,1-6H3;7-8H2,1-6H3;5H2,1-4H3;1-4H3. The SMILES string of the molecule is CC1(C)CC1(C)CC1(C)OC1(C)C.CC1(C)OC1(C)C.CC1(C)OC1(C)CCCC1(C)OC1(C)C.COCC1(C)OC1(C)C. The minimum Gasteiger partial charge on any atom is -0.382 e. The van der Waals surface area contributed by atoms with Crippen LogP contribution in [0.2, 0.25) is 0 Å². The van der Waals surface area contributed by atoms with Crippen LogP contribution in [0, 0.1) is 10.8 Å². The van der Waals surface area contributed by atoms with Crippen molar-refractivity contribution in [1.29, 1.82) is 0 Å². The number of ether oxygens (including phenoxy) is 6. The van der Waals surface area contributed by atoms with Crippen LogP contribution in [0.15, 0.2) is 0 Å². The third-order valence-corrected chi connectivity index (χ3v) is 13.6. The highest BCUT2D eigenvalue weighted by Crippen LogP contribution is 2.70. The molecule has 0 aromatic heterocycles. The van der Waals surface area contributed by atoms with Gasteiger partial charge in [0, 0.05) is 7.11 Å². The van der Waals surface area contributed by atoms with E-state index in [1.165, 1.54) is 19.3 Å². The molecule has 5 atom stereocenters. The van der Waals surface area contributed by atoms with E-state index in [0.29, 0.717) is 17.4 Å². The Kier molecular flexibility index (Phi) is 9.23. The van der Waals surface area contributed by atoms with Gasteiger partial charge in [-0.2, -0.15) is 0 Å². The Balaban J connectivity index is 0.000000167. The van der Waals surface area contributed by atoms with E-state index >= 15 is 0 Å². The molecule has 0 spiro atoms. The quantitative estimate of drug-likeness (QED) is 0.251. The second kappa shape index (κ2) is 10.6. The zero-order valence-corrected chi connectivity index (χ0v) is 32.7. The topological polar surface area (TPSA) is 71.9 Å². The normalized spacial score (nSPS) is 43.4. The van der Waals surface area contributed by atoms with Crippen molar-refractivity contribution in [3.63, 3.8) is 0 Å². The van der Waals surface area contributed by atoms with Gasteiger partial charge in [-0.15, -0.1) is 0 Å². The summed E-state index contributed by atoms with van der Waals surface area (Å²) in [5.74, 6) is 0. The average molecular weight is 625 g/mol. The van der Waals surface area contributed by atoms with E-state index in [1.54, 1.807) is 7.11 Å². The van der Waals surface area contributed by atoms with Crippen molar-refractivity contribution in [2.75, 3.05) is 13.7 Å². The van der Waals surface area contributed by atoms with Crippen LogP contribution in [-0.4, -0.2) is 69.7 Å². The molecule has 44 heavy (non-hydrogen) atoms. The molecule has 6 heteroatoms. The van der Waals surface area contributed by atoms with E-state index in [-0.39, 0.29) is 56.0 Å². The molecule has 5 aliphatic heterocycles. The molecule has 0 aromatic carbocycles. The summed E-state index contributed by atoms with van der Waals surface area (Å²) in [6.45, 7) is 42.2. The predicted molar refractivity (Wildman–Crippen MR) is 180 cm³/mol. The van der Waals surface area contributed by atoms with Crippen LogP contribution in [0.1, 0.15) is 164 Å². The van der Waals surface area contributed by atoms with Gasteiger partial charge in [0.05, 0.1) is 57.0 Å². The molecule has 6 fully saturated rings. The van der Waals surface area contributed by atoms with Gasteiger partial charge in [-0.05, 0) is 154 Å². The van der Waals surface area contributed by atoms with Gasteiger partial charge in [-0.3, -0.25) is 0 Å². The van der Waals surface area contributed by atoms with Crippen molar-refractivity contribution in [2.24, 2.45) is 10.8 Å². The van der Waals surface area contributed by atoms with Crippen molar-refractivity contribution in [1.82, 2.24) is 0 Å². The Labute approximate surface area is 272 Å². The molecule has 5 heterocycles. The Hall–Kier alpha value is -0.240. The van der Waals surface area contributed by atoms with Crippen LogP contribution in [0.4, 0.5) is 0 Å². The van der Waals surface area contributed by atoms with Gasteiger partial charge >= 0.3 is 0 Å². The van der Waals surface area contributed by atoms with Gasteiger partial charge in [-0.1, -0.05) is 20.8 Å². The number of epoxide rings is 5. The number of methoxy groups -OCH3 is 1. The average Bonchev–Trinajstić information content (AvgIpc) is 3.73. The summed E-state index contributed by atoms with van der Waals surface area (Å²) in [5.41, 5.74) is 2.04. The largest absolute Gasteiger partial charge is 0.382 e. The van der Waals surface area contributed by atoms with E-state index in [9.17, 15) is 0 Å². The van der Waals surface area contributed by atoms with E-state index in [1.807, 2.05) is 0 Å². The van der Waals surface area contributed by atoms with Gasteiger partial charge in [0.2, 0.25) is 0 Å². The minimum atomic E-state index is -0.0260. The van der Waals surface area contributed by atoms with E-state index in [2.05, 4.69) is 132 Å². The van der Waals surface area contributed by atoms with Crippen LogP contribution in [0.3, 0.4) is 0 Å². The van der Waals surface area contributed by atoms with Gasteiger partial charge in [-0.25, -0.2) is 0 Å². The molecule has 1 saturated carbocycles. The maximum absolute atomic E-state index is 5.80. The van der Waals surface area contributed by atoms with Crippen molar-refractivity contribution in [3.05, 3.63) is 0 Å². The highest BCUT2D eigenvalue weighted by Gasteiger charge is 2.68. The lowest BCUT2D eigenvalue weighted by atomic mass is 9.83. The highest BCUT2D eigenvalue weighted by atomic mass is 16.7. The van der Waals surface area contributed by atoms with Gasteiger partial charge in [0.25, 0.3) is 0 Å². The van der Waals surface area contributed by atoms with Crippen LogP contribution >= 0.6 is 0 Å². The fourth-order valence-corrected chi connectivity index (χ4v) is 6.94. The molecule has 5 saturated heterocycles. The summed E-state index contributed by atoms with van der Waals surface area (Å²) in [5, 5.41) is 0. The Morgan fingerprint density at radius 1 is 0.432 bits per heavy atom. The van der Waals surface area contributed by atoms with Crippen LogP contribution in [-0.2, 0) is 28.4 Å². The Morgan fingerprint density at radius 2 is 0.705 bits per heavy atom. The summed E-state index contributed by atoms with van der Waals surface area (Å²) in [6.07, 6.45) is 6.07. The summed E-state index contributed by atoms with van der Waals surface area (Å²) < 4.78 is 33.0. The van der Waals surface area contributed by atoms with Crippen molar-refractivity contribution in [2.45, 2.75) is 220 Å². The molecule has 5 unspecified atom stereocenters. The molecule has 0 amide bonds. The third-order valence-electron chi connectivity index (χ3n) is 13.6. The smallest absolute Gasteiger partial charge is 0.118 e. The van der Waals surface area contributed by atoms with Crippen LogP contribution in [0.25, 0.3) is 0 Å². The predicted octanol–water partition coefficient (Wildman–Crippen LogP) is 9.45. The summed E-state index contributed by atoms with van der Waals surface area (Å²) in [6, 6.07) is 0. The summed E-state index contributed by atoms with van der Waals surface area (Å²) in [4.78, 5) is 0. The first-order valence-electron chi connectivity index (χ1n) is 17.2. The monoisotopic (exact) mass is 625 g/mol. The lowest BCUT2D eigenvalue weighted by Crippen LogP contribution is -2.22. The maximum atomic E-state index is 5.80. The van der Waals surface area contributed by atoms with Crippen molar-refractivity contribution >= 4 is 0 Å². The summed E-state index contributed by atoms with van der Waals surface area (Å²) in [7, 11) is 1.70. The number of hydrogen-bond donors (Lipinski definition) is 0. The molecular weight excluding hydrogens is 552 g/mol.